The second-order valence-corrected chi connectivity index (χ2v) is 9.72. The van der Waals surface area contributed by atoms with E-state index >= 15 is 0 Å². The Balaban J connectivity index is 1.55. The van der Waals surface area contributed by atoms with Gasteiger partial charge in [-0.15, -0.1) is 0 Å². The number of imidazole rings is 1. The third kappa shape index (κ3) is 3.63. The minimum Gasteiger partial charge on any atom is -0.465 e. The Hall–Kier alpha value is -4.31. The summed E-state index contributed by atoms with van der Waals surface area (Å²) in [5, 5.41) is 20.4. The fourth-order valence-electron chi connectivity index (χ4n) is 5.03. The molecule has 1 aliphatic rings. The molecule has 10 nitrogen and oxygen atoms in total. The van der Waals surface area contributed by atoms with Gasteiger partial charge in [0.15, 0.2) is 0 Å². The van der Waals surface area contributed by atoms with Crippen molar-refractivity contribution in [2.24, 2.45) is 7.05 Å². The quantitative estimate of drug-likeness (QED) is 0.389. The van der Waals surface area contributed by atoms with Crippen LogP contribution in [0, 0.1) is 13.8 Å². The first-order valence-electron chi connectivity index (χ1n) is 11.8. The Morgan fingerprint density at radius 1 is 1.05 bits per heavy atom. The van der Waals surface area contributed by atoms with Gasteiger partial charge < -0.3 is 10.0 Å². The summed E-state index contributed by atoms with van der Waals surface area (Å²) in [4.78, 5) is 26.9. The number of aromatic nitrogens is 6. The third-order valence-corrected chi connectivity index (χ3v) is 7.55. The van der Waals surface area contributed by atoms with Gasteiger partial charge in [-0.2, -0.15) is 10.2 Å². The SMILES string of the molecule is Cc1cc(-n2nc3c(c2-n2ccn(-c4ccc5c(cnn5C)c4)c2=O)CN(C(=O)O)CC3)cc(C)c1Cl. The first kappa shape index (κ1) is 23.1. The lowest BCUT2D eigenvalue weighted by molar-refractivity contribution is 0.140. The molecule has 0 fully saturated rings. The van der Waals surface area contributed by atoms with Gasteiger partial charge in [0.2, 0.25) is 0 Å². The number of amides is 1. The van der Waals surface area contributed by atoms with Crippen LogP contribution in [0.1, 0.15) is 22.4 Å². The van der Waals surface area contributed by atoms with Gasteiger partial charge in [0.1, 0.15) is 5.82 Å². The number of nitrogens with zero attached hydrogens (tertiary/aromatic N) is 7. The number of halogens is 1. The molecular formula is C26H24ClN7O3. The standard InChI is InChI=1S/C26H24ClN7O3/c1-15-10-19(11-16(2)23(15)27)34-24(20-14-31(26(36)37)7-6-21(20)29-34)33-9-8-32(25(33)35)18-4-5-22-17(12-18)13-28-30(22)3/h4-5,8-13H,6-7,14H2,1-3H3,(H,36,37). The number of carbonyl (C=O) groups is 1. The summed E-state index contributed by atoms with van der Waals surface area (Å²) in [6.45, 7) is 4.33. The highest BCUT2D eigenvalue weighted by atomic mass is 35.5. The Labute approximate surface area is 216 Å². The number of carboxylic acid groups (broad SMARTS) is 1. The zero-order valence-corrected chi connectivity index (χ0v) is 21.3. The van der Waals surface area contributed by atoms with Crippen molar-refractivity contribution in [1.82, 2.24) is 33.6 Å². The van der Waals surface area contributed by atoms with Crippen LogP contribution < -0.4 is 5.69 Å². The molecule has 0 atom stereocenters. The van der Waals surface area contributed by atoms with Crippen molar-refractivity contribution >= 4 is 28.6 Å². The van der Waals surface area contributed by atoms with Crippen LogP contribution in [0.4, 0.5) is 4.79 Å². The number of hydrogen-bond acceptors (Lipinski definition) is 4. The molecule has 2 aromatic carbocycles. The molecule has 0 saturated carbocycles. The monoisotopic (exact) mass is 517 g/mol. The van der Waals surface area contributed by atoms with E-state index in [1.807, 2.05) is 51.2 Å². The van der Waals surface area contributed by atoms with E-state index in [1.165, 1.54) is 9.47 Å². The highest BCUT2D eigenvalue weighted by Crippen LogP contribution is 2.30. The van der Waals surface area contributed by atoms with Crippen molar-refractivity contribution in [3.05, 3.63) is 86.8 Å². The summed E-state index contributed by atoms with van der Waals surface area (Å²) in [5.74, 6) is 0.522. The molecule has 37 heavy (non-hydrogen) atoms. The molecule has 1 amide bonds. The first-order valence-corrected chi connectivity index (χ1v) is 12.2. The Bertz CT molecular complexity index is 1750. The van der Waals surface area contributed by atoms with Gasteiger partial charge in [-0.1, -0.05) is 11.6 Å². The van der Waals surface area contributed by atoms with E-state index in [0.717, 1.165) is 33.4 Å². The fraction of sp³-hybridized carbons (Fsp3) is 0.231. The van der Waals surface area contributed by atoms with Crippen LogP contribution in [-0.4, -0.2) is 51.3 Å². The predicted molar refractivity (Wildman–Crippen MR) is 139 cm³/mol. The summed E-state index contributed by atoms with van der Waals surface area (Å²) in [6.07, 6.45) is 4.62. The second kappa shape index (κ2) is 8.38. The van der Waals surface area contributed by atoms with E-state index in [9.17, 15) is 14.7 Å². The Morgan fingerprint density at radius 3 is 2.51 bits per heavy atom. The van der Waals surface area contributed by atoms with Crippen molar-refractivity contribution in [3.8, 4) is 17.2 Å². The summed E-state index contributed by atoms with van der Waals surface area (Å²) in [7, 11) is 1.87. The maximum atomic E-state index is 13.8. The minimum absolute atomic E-state index is 0.144. The van der Waals surface area contributed by atoms with Crippen molar-refractivity contribution in [3.63, 3.8) is 0 Å². The summed E-state index contributed by atoms with van der Waals surface area (Å²) in [6, 6.07) is 9.56. The van der Waals surface area contributed by atoms with Crippen LogP contribution in [0.2, 0.25) is 5.02 Å². The summed E-state index contributed by atoms with van der Waals surface area (Å²) >= 11 is 6.42. The van der Waals surface area contributed by atoms with Crippen LogP contribution >= 0.6 is 11.6 Å². The molecule has 0 aliphatic carbocycles. The Morgan fingerprint density at radius 2 is 1.78 bits per heavy atom. The average molecular weight is 518 g/mol. The van der Waals surface area contributed by atoms with Crippen LogP contribution in [0.25, 0.3) is 28.1 Å². The molecule has 0 radical (unpaired) electrons. The van der Waals surface area contributed by atoms with E-state index < -0.39 is 6.09 Å². The molecular weight excluding hydrogens is 494 g/mol. The van der Waals surface area contributed by atoms with Gasteiger partial charge in [0, 0.05) is 48.4 Å². The maximum Gasteiger partial charge on any atom is 0.407 e. The number of aryl methyl sites for hydroxylation is 3. The van der Waals surface area contributed by atoms with Gasteiger partial charge in [-0.05, 0) is 55.3 Å². The van der Waals surface area contributed by atoms with Crippen LogP contribution in [0.5, 0.6) is 0 Å². The highest BCUT2D eigenvalue weighted by molar-refractivity contribution is 6.32. The highest BCUT2D eigenvalue weighted by Gasteiger charge is 2.29. The van der Waals surface area contributed by atoms with Crippen molar-refractivity contribution in [2.45, 2.75) is 26.8 Å². The van der Waals surface area contributed by atoms with Gasteiger partial charge in [0.25, 0.3) is 0 Å². The number of fused-ring (bicyclic) bond motifs is 2. The molecule has 5 aromatic rings. The second-order valence-electron chi connectivity index (χ2n) is 9.34. The average Bonchev–Trinajstić information content (AvgIpc) is 3.56. The molecule has 0 bridgehead atoms. The van der Waals surface area contributed by atoms with Crippen LogP contribution in [0.3, 0.4) is 0 Å². The summed E-state index contributed by atoms with van der Waals surface area (Å²) < 4.78 is 6.60. The molecule has 0 saturated heterocycles. The predicted octanol–water partition coefficient (Wildman–Crippen LogP) is 4.01. The van der Waals surface area contributed by atoms with E-state index in [0.29, 0.717) is 35.1 Å². The minimum atomic E-state index is -1.00. The largest absolute Gasteiger partial charge is 0.465 e. The van der Waals surface area contributed by atoms with Crippen molar-refractivity contribution < 1.29 is 9.90 Å². The van der Waals surface area contributed by atoms with Crippen LogP contribution in [-0.2, 0) is 20.0 Å². The molecule has 0 spiro atoms. The van der Waals surface area contributed by atoms with E-state index in [4.69, 9.17) is 16.7 Å². The zero-order valence-electron chi connectivity index (χ0n) is 20.5. The Kier molecular flexibility index (Phi) is 5.23. The number of hydrogen-bond donors (Lipinski definition) is 1. The van der Waals surface area contributed by atoms with Gasteiger partial charge in [-0.3, -0.25) is 13.8 Å². The van der Waals surface area contributed by atoms with Gasteiger partial charge >= 0.3 is 11.8 Å². The maximum absolute atomic E-state index is 13.8. The van der Waals surface area contributed by atoms with Crippen molar-refractivity contribution in [1.29, 1.82) is 0 Å². The normalized spacial score (nSPS) is 13.4. The molecule has 4 heterocycles. The molecule has 1 N–H and O–H groups in total. The van der Waals surface area contributed by atoms with Crippen LogP contribution in [0.15, 0.2) is 53.7 Å². The smallest absolute Gasteiger partial charge is 0.407 e. The lowest BCUT2D eigenvalue weighted by Crippen LogP contribution is -2.35. The molecule has 3 aromatic heterocycles. The fourth-order valence-corrected chi connectivity index (χ4v) is 5.14. The number of benzene rings is 2. The number of rotatable bonds is 3. The topological polar surface area (TPSA) is 103 Å². The molecule has 0 unspecified atom stereocenters. The molecule has 6 rings (SSSR count). The lowest BCUT2D eigenvalue weighted by atomic mass is 10.1. The van der Waals surface area contributed by atoms with Gasteiger partial charge in [0.05, 0.1) is 35.3 Å². The van der Waals surface area contributed by atoms with Gasteiger partial charge in [-0.25, -0.2) is 14.3 Å². The molecule has 1 aliphatic heterocycles. The third-order valence-electron chi connectivity index (χ3n) is 6.96. The molecule has 11 heteroatoms. The lowest BCUT2D eigenvalue weighted by Gasteiger charge is -2.23. The van der Waals surface area contributed by atoms with E-state index in [1.54, 1.807) is 32.5 Å². The zero-order chi connectivity index (χ0) is 26.0. The van der Waals surface area contributed by atoms with Crippen molar-refractivity contribution in [2.75, 3.05) is 6.54 Å². The summed E-state index contributed by atoms with van der Waals surface area (Å²) in [5.41, 5.74) is 5.39. The first-order chi connectivity index (χ1) is 17.7. The molecule has 188 valence electrons. The van der Waals surface area contributed by atoms with E-state index in [-0.39, 0.29) is 12.2 Å². The van der Waals surface area contributed by atoms with E-state index in [2.05, 4.69) is 5.10 Å².